The fourth-order valence-electron chi connectivity index (χ4n) is 4.43. The number of amides is 1. The highest BCUT2D eigenvalue weighted by Gasteiger charge is 2.31. The minimum absolute atomic E-state index is 0.0490. The molecule has 0 bridgehead atoms. The molecule has 0 saturated heterocycles. The number of hydrogen-bond donors (Lipinski definition) is 1. The van der Waals surface area contributed by atoms with Crippen LogP contribution in [0, 0.1) is 12.7 Å². The van der Waals surface area contributed by atoms with Crippen LogP contribution in [-0.2, 0) is 20.7 Å². The van der Waals surface area contributed by atoms with E-state index in [1.807, 2.05) is 36.4 Å². The zero-order valence-electron chi connectivity index (χ0n) is 20.4. The minimum Gasteiger partial charge on any atom is -0.458 e. The summed E-state index contributed by atoms with van der Waals surface area (Å²) >= 11 is 0. The van der Waals surface area contributed by atoms with E-state index in [-0.39, 0.29) is 18.9 Å². The third-order valence-corrected chi connectivity index (χ3v) is 6.02. The average Bonchev–Trinajstić information content (AvgIpc) is 3.13. The lowest BCUT2D eigenvalue weighted by molar-refractivity contribution is -0.157. The Labute approximate surface area is 205 Å². The molecule has 0 radical (unpaired) electrons. The molecule has 1 aliphatic carbocycles. The monoisotopic (exact) mass is 475 g/mol. The number of esters is 1. The van der Waals surface area contributed by atoms with Crippen molar-refractivity contribution in [3.63, 3.8) is 0 Å². The van der Waals surface area contributed by atoms with Crippen molar-refractivity contribution in [2.45, 2.75) is 51.7 Å². The van der Waals surface area contributed by atoms with E-state index in [1.54, 1.807) is 45.9 Å². The largest absolute Gasteiger partial charge is 0.458 e. The maximum absolute atomic E-state index is 14.6. The Bertz CT molecular complexity index is 1200. The van der Waals surface area contributed by atoms with Gasteiger partial charge in [0.1, 0.15) is 24.1 Å². The van der Waals surface area contributed by atoms with Crippen LogP contribution in [0.25, 0.3) is 11.1 Å². The van der Waals surface area contributed by atoms with E-state index in [0.29, 0.717) is 11.1 Å². The summed E-state index contributed by atoms with van der Waals surface area (Å²) in [5.41, 5.74) is 4.45. The Kier molecular flexibility index (Phi) is 6.92. The molecular formula is C29H30FNO4. The molecule has 0 aliphatic heterocycles. The summed E-state index contributed by atoms with van der Waals surface area (Å²) in [7, 11) is 0. The Morgan fingerprint density at radius 3 is 2.14 bits per heavy atom. The van der Waals surface area contributed by atoms with E-state index in [2.05, 4.69) is 17.4 Å². The smallest absolute Gasteiger partial charge is 0.407 e. The number of ether oxygens (including phenoxy) is 2. The van der Waals surface area contributed by atoms with Crippen LogP contribution in [0.2, 0.25) is 0 Å². The third kappa shape index (κ3) is 5.53. The fraction of sp³-hybridized carbons (Fsp3) is 0.310. The van der Waals surface area contributed by atoms with Gasteiger partial charge in [-0.1, -0.05) is 66.7 Å². The molecular weight excluding hydrogens is 445 g/mol. The molecule has 1 N–H and O–H groups in total. The second-order valence-corrected chi connectivity index (χ2v) is 9.81. The highest BCUT2D eigenvalue weighted by Crippen LogP contribution is 2.44. The quantitative estimate of drug-likeness (QED) is 0.449. The summed E-state index contributed by atoms with van der Waals surface area (Å²) in [5.74, 6) is -1.16. The van der Waals surface area contributed by atoms with Crippen LogP contribution in [0.15, 0.2) is 66.7 Å². The molecule has 1 atom stereocenters. The molecule has 0 spiro atoms. The molecule has 3 aromatic carbocycles. The van der Waals surface area contributed by atoms with Gasteiger partial charge in [-0.15, -0.1) is 0 Å². The number of halogens is 1. The molecule has 1 amide bonds. The highest BCUT2D eigenvalue weighted by molar-refractivity contribution is 5.82. The number of rotatable bonds is 6. The van der Waals surface area contributed by atoms with E-state index in [9.17, 15) is 14.0 Å². The number of hydrogen-bond acceptors (Lipinski definition) is 4. The molecule has 1 aliphatic rings. The molecule has 35 heavy (non-hydrogen) atoms. The molecule has 0 saturated carbocycles. The van der Waals surface area contributed by atoms with Crippen LogP contribution in [0.5, 0.6) is 0 Å². The van der Waals surface area contributed by atoms with Gasteiger partial charge in [0, 0.05) is 12.3 Å². The Morgan fingerprint density at radius 1 is 0.943 bits per heavy atom. The van der Waals surface area contributed by atoms with Crippen molar-refractivity contribution >= 4 is 12.1 Å². The number of nitrogens with one attached hydrogen (secondary N) is 1. The summed E-state index contributed by atoms with van der Waals surface area (Å²) in [6.07, 6.45) is -0.803. The third-order valence-electron chi connectivity index (χ3n) is 6.02. The van der Waals surface area contributed by atoms with Gasteiger partial charge in [0.05, 0.1) is 0 Å². The second kappa shape index (κ2) is 9.90. The number of benzene rings is 3. The summed E-state index contributed by atoms with van der Waals surface area (Å²) in [6, 6.07) is 20.0. The van der Waals surface area contributed by atoms with Crippen molar-refractivity contribution in [3.05, 3.63) is 94.8 Å². The van der Waals surface area contributed by atoms with Crippen molar-refractivity contribution in [3.8, 4) is 11.1 Å². The summed E-state index contributed by atoms with van der Waals surface area (Å²) in [5, 5.41) is 2.60. The van der Waals surface area contributed by atoms with Gasteiger partial charge in [0.15, 0.2) is 0 Å². The highest BCUT2D eigenvalue weighted by atomic mass is 19.1. The first-order valence-corrected chi connectivity index (χ1v) is 11.7. The predicted octanol–water partition coefficient (Wildman–Crippen LogP) is 5.93. The van der Waals surface area contributed by atoms with Crippen molar-refractivity contribution in [2.24, 2.45) is 0 Å². The van der Waals surface area contributed by atoms with Crippen LogP contribution >= 0.6 is 0 Å². The van der Waals surface area contributed by atoms with E-state index in [1.165, 1.54) is 0 Å². The van der Waals surface area contributed by atoms with Crippen LogP contribution in [0.4, 0.5) is 9.18 Å². The number of carbonyl (C=O) groups is 2. The van der Waals surface area contributed by atoms with Gasteiger partial charge in [-0.3, -0.25) is 0 Å². The Morgan fingerprint density at radius 2 is 1.54 bits per heavy atom. The molecule has 0 heterocycles. The van der Waals surface area contributed by atoms with Crippen molar-refractivity contribution < 1.29 is 23.5 Å². The number of carbonyl (C=O) groups excluding carboxylic acids is 2. The first-order chi connectivity index (χ1) is 16.6. The topological polar surface area (TPSA) is 64.6 Å². The number of fused-ring (bicyclic) bond motifs is 3. The maximum Gasteiger partial charge on any atom is 0.407 e. The zero-order chi connectivity index (χ0) is 25.2. The average molecular weight is 476 g/mol. The molecule has 3 aromatic rings. The van der Waals surface area contributed by atoms with E-state index in [0.717, 1.165) is 22.3 Å². The van der Waals surface area contributed by atoms with Gasteiger partial charge >= 0.3 is 12.1 Å². The zero-order valence-corrected chi connectivity index (χ0v) is 20.4. The normalized spacial score (nSPS) is 13.5. The first-order valence-electron chi connectivity index (χ1n) is 11.7. The minimum atomic E-state index is -1.10. The summed E-state index contributed by atoms with van der Waals surface area (Å²) < 4.78 is 25.7. The SMILES string of the molecule is Cc1cccc(C[C@H](NC(=O)OCC2c3ccccc3-c3ccccc32)C(=O)OC(C)(C)C)c1F. The Hall–Kier alpha value is -3.67. The molecule has 182 valence electrons. The van der Waals surface area contributed by atoms with E-state index >= 15 is 0 Å². The predicted molar refractivity (Wildman–Crippen MR) is 133 cm³/mol. The lowest BCUT2D eigenvalue weighted by Gasteiger charge is -2.25. The van der Waals surface area contributed by atoms with E-state index in [4.69, 9.17) is 9.47 Å². The van der Waals surface area contributed by atoms with Crippen molar-refractivity contribution in [1.29, 1.82) is 0 Å². The number of aryl methyl sites for hydroxylation is 1. The molecule has 6 heteroatoms. The van der Waals surface area contributed by atoms with Gasteiger partial charge < -0.3 is 14.8 Å². The van der Waals surface area contributed by atoms with Gasteiger partial charge in [-0.25, -0.2) is 14.0 Å². The summed E-state index contributed by atoms with van der Waals surface area (Å²) in [6.45, 7) is 6.98. The molecule has 0 unspecified atom stereocenters. The Balaban J connectivity index is 1.49. The second-order valence-electron chi connectivity index (χ2n) is 9.81. The van der Waals surface area contributed by atoms with Gasteiger partial charge in [0.25, 0.3) is 0 Å². The fourth-order valence-corrected chi connectivity index (χ4v) is 4.43. The molecule has 0 fully saturated rings. The standard InChI is InChI=1S/C29H30FNO4/c1-18-10-9-11-19(26(18)30)16-25(27(32)35-29(2,3)4)31-28(33)34-17-24-22-14-7-5-12-20(22)21-13-6-8-15-23(21)24/h5-15,24-25H,16-17H2,1-4H3,(H,31,33)/t25-/m0/s1. The van der Waals surface area contributed by atoms with Gasteiger partial charge in [-0.2, -0.15) is 0 Å². The van der Waals surface area contributed by atoms with Crippen LogP contribution in [-0.4, -0.2) is 30.3 Å². The molecule has 0 aromatic heterocycles. The number of alkyl carbamates (subject to hydrolysis) is 1. The first kappa shape index (κ1) is 24.5. The van der Waals surface area contributed by atoms with Crippen LogP contribution in [0.1, 0.15) is 48.9 Å². The van der Waals surface area contributed by atoms with Gasteiger partial charge in [-0.05, 0) is 61.1 Å². The lowest BCUT2D eigenvalue weighted by atomic mass is 9.98. The van der Waals surface area contributed by atoms with Crippen LogP contribution < -0.4 is 5.32 Å². The lowest BCUT2D eigenvalue weighted by Crippen LogP contribution is -2.46. The maximum atomic E-state index is 14.6. The van der Waals surface area contributed by atoms with Crippen LogP contribution in [0.3, 0.4) is 0 Å². The van der Waals surface area contributed by atoms with Gasteiger partial charge in [0.2, 0.25) is 0 Å². The van der Waals surface area contributed by atoms with Crippen molar-refractivity contribution in [2.75, 3.05) is 6.61 Å². The van der Waals surface area contributed by atoms with E-state index < -0.39 is 29.5 Å². The van der Waals surface area contributed by atoms with Crippen molar-refractivity contribution in [1.82, 2.24) is 5.32 Å². The molecule has 4 rings (SSSR count). The molecule has 5 nitrogen and oxygen atoms in total. The summed E-state index contributed by atoms with van der Waals surface area (Å²) in [4.78, 5) is 25.7.